The van der Waals surface area contributed by atoms with Gasteiger partial charge in [-0.15, -0.1) is 0 Å². The number of nitrogens with zero attached hydrogens (tertiary/aromatic N) is 1. The van der Waals surface area contributed by atoms with Crippen LogP contribution in [0.15, 0.2) is 36.7 Å². The summed E-state index contributed by atoms with van der Waals surface area (Å²) in [5, 5.41) is 15.4. The van der Waals surface area contributed by atoms with Gasteiger partial charge in [0.2, 0.25) is 0 Å². The average molecular weight is 212 g/mol. The Kier molecular flexibility index (Phi) is 4.08. The number of carboxylic acid groups (broad SMARTS) is 1. The molecule has 0 aliphatic rings. The summed E-state index contributed by atoms with van der Waals surface area (Å²) in [6, 6.07) is 6.83. The normalized spacial score (nSPS) is 9.33. The van der Waals surface area contributed by atoms with Crippen LogP contribution in [0.25, 0.3) is 11.1 Å². The van der Waals surface area contributed by atoms with Crippen molar-refractivity contribution in [1.82, 2.24) is 10.2 Å². The van der Waals surface area contributed by atoms with E-state index < -0.39 is 5.97 Å². The van der Waals surface area contributed by atoms with Gasteiger partial charge in [-0.1, -0.05) is 18.2 Å². The Balaban J connectivity index is 0.00000112. The van der Waals surface area contributed by atoms with Crippen LogP contribution >= 0.6 is 0 Å². The van der Waals surface area contributed by atoms with Gasteiger partial charge >= 0.3 is 35.5 Å². The van der Waals surface area contributed by atoms with Crippen molar-refractivity contribution in [3.8, 4) is 11.1 Å². The van der Waals surface area contributed by atoms with Gasteiger partial charge in [0.1, 0.15) is 0 Å². The number of rotatable bonds is 2. The van der Waals surface area contributed by atoms with E-state index in [0.717, 1.165) is 5.56 Å². The number of carboxylic acids is 1. The topological polar surface area (TPSA) is 66.0 Å². The minimum atomic E-state index is -0.929. The zero-order valence-electron chi connectivity index (χ0n) is 7.27. The first kappa shape index (κ1) is 12.0. The van der Waals surface area contributed by atoms with Crippen LogP contribution in [-0.2, 0) is 0 Å². The van der Waals surface area contributed by atoms with Crippen LogP contribution in [0.5, 0.6) is 0 Å². The molecule has 0 spiro atoms. The molecule has 4 nitrogen and oxygen atoms in total. The predicted molar refractivity (Wildman–Crippen MR) is 58.1 cm³/mol. The van der Waals surface area contributed by atoms with Gasteiger partial charge in [-0.3, -0.25) is 5.10 Å². The van der Waals surface area contributed by atoms with Crippen molar-refractivity contribution in [3.05, 3.63) is 42.2 Å². The number of hydrogen-bond donors (Lipinski definition) is 2. The molecular weight excluding hydrogens is 203 g/mol. The van der Waals surface area contributed by atoms with Crippen molar-refractivity contribution in [2.45, 2.75) is 0 Å². The molecule has 5 heteroatoms. The van der Waals surface area contributed by atoms with E-state index in [9.17, 15) is 4.79 Å². The summed E-state index contributed by atoms with van der Waals surface area (Å²) in [4.78, 5) is 10.9. The third-order valence-corrected chi connectivity index (χ3v) is 1.97. The second kappa shape index (κ2) is 5.11. The number of aromatic nitrogens is 2. The summed E-state index contributed by atoms with van der Waals surface area (Å²) >= 11 is 0. The molecule has 1 aromatic heterocycles. The van der Waals surface area contributed by atoms with Crippen molar-refractivity contribution in [1.29, 1.82) is 0 Å². The number of carbonyl (C=O) groups is 1. The van der Waals surface area contributed by atoms with E-state index in [1.807, 2.05) is 0 Å². The molecule has 2 rings (SSSR count). The molecule has 0 fully saturated rings. The molecule has 0 amide bonds. The zero-order chi connectivity index (χ0) is 9.97. The third kappa shape index (κ3) is 2.47. The fourth-order valence-electron chi connectivity index (χ4n) is 1.32. The van der Waals surface area contributed by atoms with E-state index in [2.05, 4.69) is 10.2 Å². The molecule has 2 aromatic rings. The van der Waals surface area contributed by atoms with Crippen molar-refractivity contribution in [2.24, 2.45) is 0 Å². The third-order valence-electron chi connectivity index (χ3n) is 1.97. The molecule has 0 aliphatic carbocycles. The van der Waals surface area contributed by atoms with Crippen molar-refractivity contribution < 1.29 is 9.90 Å². The Hall–Kier alpha value is -1.10. The van der Waals surface area contributed by atoms with Gasteiger partial charge in [-0.2, -0.15) is 5.10 Å². The van der Waals surface area contributed by atoms with Crippen LogP contribution < -0.4 is 0 Å². The number of aromatic carboxylic acids is 1. The first-order valence-electron chi connectivity index (χ1n) is 4.10. The van der Waals surface area contributed by atoms with Crippen molar-refractivity contribution >= 4 is 35.5 Å². The van der Waals surface area contributed by atoms with Gasteiger partial charge in [-0.05, 0) is 11.6 Å². The van der Waals surface area contributed by atoms with E-state index in [1.165, 1.54) is 0 Å². The predicted octanol–water partition coefficient (Wildman–Crippen LogP) is 1.13. The summed E-state index contributed by atoms with van der Waals surface area (Å²) in [7, 11) is 0. The number of hydrogen-bond acceptors (Lipinski definition) is 2. The standard InChI is InChI=1S/C10H8N2O2.Na.H/c13-10(14)9-4-2-1-3-8(9)7-5-11-12-6-7;;/h1-6H,(H,11,12)(H,13,14);;. The fraction of sp³-hybridized carbons (Fsp3) is 0. The molecule has 15 heavy (non-hydrogen) atoms. The number of aromatic amines is 1. The SMILES string of the molecule is O=C(O)c1ccccc1-c1cn[nH]c1.[NaH]. The summed E-state index contributed by atoms with van der Waals surface area (Å²) in [6.45, 7) is 0. The molecule has 1 aromatic carbocycles. The quantitative estimate of drug-likeness (QED) is 0.733. The molecular formula is C10H9N2NaO2. The monoisotopic (exact) mass is 212 g/mol. The first-order valence-corrected chi connectivity index (χ1v) is 4.10. The molecule has 0 aliphatic heterocycles. The van der Waals surface area contributed by atoms with E-state index in [1.54, 1.807) is 36.7 Å². The van der Waals surface area contributed by atoms with Crippen LogP contribution in [0.4, 0.5) is 0 Å². The maximum absolute atomic E-state index is 10.9. The molecule has 2 N–H and O–H groups in total. The van der Waals surface area contributed by atoms with Gasteiger partial charge in [-0.25, -0.2) is 4.79 Å². The molecule has 72 valence electrons. The van der Waals surface area contributed by atoms with Gasteiger partial charge in [0, 0.05) is 11.8 Å². The molecule has 0 saturated carbocycles. The first-order chi connectivity index (χ1) is 6.79. The number of nitrogens with one attached hydrogen (secondary N) is 1. The number of H-pyrrole nitrogens is 1. The summed E-state index contributed by atoms with van der Waals surface area (Å²) in [5.41, 5.74) is 1.74. The molecule has 1 heterocycles. The number of benzene rings is 1. The fourth-order valence-corrected chi connectivity index (χ4v) is 1.32. The van der Waals surface area contributed by atoms with Crippen molar-refractivity contribution in [2.75, 3.05) is 0 Å². The Labute approximate surface area is 109 Å². The Morgan fingerprint density at radius 3 is 2.67 bits per heavy atom. The van der Waals surface area contributed by atoms with Crippen LogP contribution in [0.3, 0.4) is 0 Å². The summed E-state index contributed by atoms with van der Waals surface area (Å²) < 4.78 is 0. The molecule has 0 atom stereocenters. The van der Waals surface area contributed by atoms with Crippen LogP contribution in [0.1, 0.15) is 10.4 Å². The Bertz CT molecular complexity index is 454. The average Bonchev–Trinajstić information content (AvgIpc) is 2.70. The van der Waals surface area contributed by atoms with Gasteiger partial charge in [0.25, 0.3) is 0 Å². The zero-order valence-corrected chi connectivity index (χ0v) is 7.27. The van der Waals surface area contributed by atoms with E-state index in [0.29, 0.717) is 5.56 Å². The van der Waals surface area contributed by atoms with E-state index >= 15 is 0 Å². The maximum atomic E-state index is 10.9. The summed E-state index contributed by atoms with van der Waals surface area (Å²) in [6.07, 6.45) is 3.27. The Morgan fingerprint density at radius 2 is 2.07 bits per heavy atom. The van der Waals surface area contributed by atoms with Crippen LogP contribution in [0.2, 0.25) is 0 Å². The molecule has 0 unspecified atom stereocenters. The van der Waals surface area contributed by atoms with E-state index in [-0.39, 0.29) is 35.1 Å². The van der Waals surface area contributed by atoms with Crippen molar-refractivity contribution in [3.63, 3.8) is 0 Å². The van der Waals surface area contributed by atoms with Gasteiger partial charge in [0.15, 0.2) is 0 Å². The second-order valence-corrected chi connectivity index (χ2v) is 2.84. The molecule has 0 saturated heterocycles. The van der Waals surface area contributed by atoms with Gasteiger partial charge in [0.05, 0.1) is 11.8 Å². The van der Waals surface area contributed by atoms with Gasteiger partial charge < -0.3 is 5.11 Å². The minimum absolute atomic E-state index is 0. The molecule has 0 radical (unpaired) electrons. The summed E-state index contributed by atoms with van der Waals surface area (Å²) in [5.74, 6) is -0.929. The Morgan fingerprint density at radius 1 is 1.33 bits per heavy atom. The second-order valence-electron chi connectivity index (χ2n) is 2.84. The van der Waals surface area contributed by atoms with Crippen LogP contribution in [0, 0.1) is 0 Å². The molecule has 0 bridgehead atoms. The van der Waals surface area contributed by atoms with Crippen LogP contribution in [-0.4, -0.2) is 50.8 Å². The van der Waals surface area contributed by atoms with E-state index in [4.69, 9.17) is 5.11 Å².